The van der Waals surface area contributed by atoms with Crippen LogP contribution in [-0.2, 0) is 16.1 Å². The number of carboxylic acid groups (broad SMARTS) is 1. The number of nitrogens with zero attached hydrogens (tertiary/aromatic N) is 2. The third-order valence-electron chi connectivity index (χ3n) is 3.46. The first-order valence-electron chi connectivity index (χ1n) is 6.71. The summed E-state index contributed by atoms with van der Waals surface area (Å²) >= 11 is 4.71. The van der Waals surface area contributed by atoms with Crippen LogP contribution in [0.15, 0.2) is 27.8 Å². The van der Waals surface area contributed by atoms with Crippen molar-refractivity contribution >= 4 is 44.7 Å². The summed E-state index contributed by atoms with van der Waals surface area (Å²) in [4.78, 5) is 15.4. The predicted octanol–water partition coefficient (Wildman–Crippen LogP) is 3.01. The molecule has 1 N–H and O–H groups in total. The first kappa shape index (κ1) is 14.9. The highest BCUT2D eigenvalue weighted by Crippen LogP contribution is 2.28. The molecule has 5 nitrogen and oxygen atoms in total. The van der Waals surface area contributed by atoms with Gasteiger partial charge in [-0.3, -0.25) is 4.79 Å². The number of rotatable bonds is 5. The number of hydrogen-bond acceptors (Lipinski definition) is 4. The van der Waals surface area contributed by atoms with Crippen molar-refractivity contribution in [1.29, 1.82) is 0 Å². The summed E-state index contributed by atoms with van der Waals surface area (Å²) in [7, 11) is 0. The second kappa shape index (κ2) is 6.37. The highest BCUT2D eigenvalue weighted by atomic mass is 79.9. The third-order valence-corrected chi connectivity index (χ3v) is 4.92. The largest absolute Gasteiger partial charge is 0.481 e. The van der Waals surface area contributed by atoms with E-state index < -0.39 is 5.97 Å². The molecule has 1 atom stereocenters. The smallest absolute Gasteiger partial charge is 0.313 e. The van der Waals surface area contributed by atoms with Gasteiger partial charge in [0.2, 0.25) is 0 Å². The maximum atomic E-state index is 10.8. The van der Waals surface area contributed by atoms with E-state index in [2.05, 4.69) is 25.5 Å². The van der Waals surface area contributed by atoms with Gasteiger partial charge in [-0.2, -0.15) is 0 Å². The number of carbonyl (C=O) groups is 1. The Kier molecular flexibility index (Phi) is 4.51. The molecule has 7 heteroatoms. The van der Waals surface area contributed by atoms with E-state index in [0.29, 0.717) is 5.92 Å². The standard InChI is InChI=1S/C14H15BrN2O3S/c15-10-1-2-12-11(5-10)16-14(21-8-13(18)19)17(12)6-9-3-4-20-7-9/h1-2,5,9H,3-4,6-8H2,(H,18,19). The van der Waals surface area contributed by atoms with Gasteiger partial charge in [0.05, 0.1) is 23.4 Å². The van der Waals surface area contributed by atoms with E-state index in [1.54, 1.807) is 0 Å². The van der Waals surface area contributed by atoms with Gasteiger partial charge in [0.1, 0.15) is 0 Å². The number of aromatic nitrogens is 2. The highest BCUT2D eigenvalue weighted by Gasteiger charge is 2.20. The van der Waals surface area contributed by atoms with Gasteiger partial charge in [-0.05, 0) is 24.6 Å². The average Bonchev–Trinajstić information content (AvgIpc) is 3.05. The van der Waals surface area contributed by atoms with E-state index in [1.165, 1.54) is 11.8 Å². The Morgan fingerprint density at radius 3 is 3.14 bits per heavy atom. The molecule has 112 valence electrons. The van der Waals surface area contributed by atoms with E-state index in [-0.39, 0.29) is 5.75 Å². The van der Waals surface area contributed by atoms with Crippen LogP contribution in [0.5, 0.6) is 0 Å². The zero-order valence-corrected chi connectivity index (χ0v) is 13.7. The topological polar surface area (TPSA) is 64.3 Å². The maximum Gasteiger partial charge on any atom is 0.313 e. The molecule has 0 spiro atoms. The lowest BCUT2D eigenvalue weighted by Gasteiger charge is -2.12. The van der Waals surface area contributed by atoms with Crippen LogP contribution in [-0.4, -0.2) is 39.6 Å². The summed E-state index contributed by atoms with van der Waals surface area (Å²) in [6, 6.07) is 5.96. The van der Waals surface area contributed by atoms with Gasteiger partial charge in [0.25, 0.3) is 0 Å². The number of ether oxygens (including phenoxy) is 1. The van der Waals surface area contributed by atoms with Gasteiger partial charge in [-0.25, -0.2) is 4.98 Å². The second-order valence-corrected chi connectivity index (χ2v) is 6.91. The number of halogens is 1. The van der Waals surface area contributed by atoms with Gasteiger partial charge >= 0.3 is 5.97 Å². The molecule has 3 rings (SSSR count). The molecule has 1 aromatic carbocycles. The van der Waals surface area contributed by atoms with Gasteiger partial charge in [0.15, 0.2) is 5.16 Å². The minimum atomic E-state index is -0.830. The fraction of sp³-hybridized carbons (Fsp3) is 0.429. The Morgan fingerprint density at radius 1 is 1.57 bits per heavy atom. The summed E-state index contributed by atoms with van der Waals surface area (Å²) in [6.07, 6.45) is 1.04. The molecule has 1 aromatic heterocycles. The molecule has 0 saturated carbocycles. The van der Waals surface area contributed by atoms with Crippen molar-refractivity contribution in [3.63, 3.8) is 0 Å². The summed E-state index contributed by atoms with van der Waals surface area (Å²) in [5.41, 5.74) is 1.93. The summed E-state index contributed by atoms with van der Waals surface area (Å²) in [5, 5.41) is 9.65. The molecule has 1 aliphatic rings. The molecule has 0 aliphatic carbocycles. The van der Waals surface area contributed by atoms with E-state index in [0.717, 1.165) is 46.8 Å². The summed E-state index contributed by atoms with van der Waals surface area (Å²) in [5.74, 6) is -0.342. The monoisotopic (exact) mass is 370 g/mol. The summed E-state index contributed by atoms with van der Waals surface area (Å²) < 4.78 is 8.52. The number of hydrogen-bond donors (Lipinski definition) is 1. The quantitative estimate of drug-likeness (QED) is 0.819. The molecule has 0 bridgehead atoms. The Balaban J connectivity index is 1.95. The van der Waals surface area contributed by atoms with Gasteiger partial charge < -0.3 is 14.4 Å². The normalized spacial score (nSPS) is 18.4. The van der Waals surface area contributed by atoms with Crippen LogP contribution in [0.3, 0.4) is 0 Å². The molecule has 1 unspecified atom stereocenters. The minimum absolute atomic E-state index is 0.0195. The summed E-state index contributed by atoms with van der Waals surface area (Å²) in [6.45, 7) is 2.39. The van der Waals surface area contributed by atoms with Crippen LogP contribution in [0.1, 0.15) is 6.42 Å². The molecule has 1 saturated heterocycles. The SMILES string of the molecule is O=C(O)CSc1nc2cc(Br)ccc2n1CC1CCOC1. The van der Waals surface area contributed by atoms with Gasteiger partial charge in [-0.1, -0.05) is 27.7 Å². The molecule has 2 heterocycles. The first-order valence-corrected chi connectivity index (χ1v) is 8.49. The van der Waals surface area contributed by atoms with Crippen LogP contribution in [0.4, 0.5) is 0 Å². The lowest BCUT2D eigenvalue weighted by atomic mass is 10.1. The van der Waals surface area contributed by atoms with Crippen molar-refractivity contribution in [2.45, 2.75) is 18.1 Å². The third kappa shape index (κ3) is 3.41. The Hall–Kier alpha value is -1.05. The van der Waals surface area contributed by atoms with Gasteiger partial charge in [0, 0.05) is 23.5 Å². The fourth-order valence-corrected chi connectivity index (χ4v) is 3.57. The molecule has 0 radical (unpaired) electrons. The van der Waals surface area contributed by atoms with Crippen LogP contribution >= 0.6 is 27.7 Å². The number of fused-ring (bicyclic) bond motifs is 1. The predicted molar refractivity (Wildman–Crippen MR) is 84.7 cm³/mol. The lowest BCUT2D eigenvalue weighted by Crippen LogP contribution is -2.12. The number of imidazole rings is 1. The van der Waals surface area contributed by atoms with Crippen molar-refractivity contribution in [1.82, 2.24) is 9.55 Å². The van der Waals surface area contributed by atoms with Gasteiger partial charge in [-0.15, -0.1) is 0 Å². The first-order chi connectivity index (χ1) is 10.1. The number of aliphatic carboxylic acids is 1. The molecular weight excluding hydrogens is 356 g/mol. The maximum absolute atomic E-state index is 10.8. The second-order valence-electron chi connectivity index (χ2n) is 5.05. The van der Waals surface area contributed by atoms with Crippen molar-refractivity contribution in [3.05, 3.63) is 22.7 Å². The van der Waals surface area contributed by atoms with Crippen molar-refractivity contribution in [2.75, 3.05) is 19.0 Å². The Labute approximate surface area is 134 Å². The van der Waals surface area contributed by atoms with Crippen LogP contribution in [0, 0.1) is 5.92 Å². The van der Waals surface area contributed by atoms with Crippen LogP contribution in [0.2, 0.25) is 0 Å². The van der Waals surface area contributed by atoms with Crippen LogP contribution < -0.4 is 0 Å². The van der Waals surface area contributed by atoms with E-state index in [9.17, 15) is 4.79 Å². The minimum Gasteiger partial charge on any atom is -0.481 e. The molecule has 0 amide bonds. The van der Waals surface area contributed by atoms with E-state index >= 15 is 0 Å². The van der Waals surface area contributed by atoms with E-state index in [1.807, 2.05) is 18.2 Å². The molecule has 21 heavy (non-hydrogen) atoms. The highest BCUT2D eigenvalue weighted by molar-refractivity contribution is 9.10. The van der Waals surface area contributed by atoms with Crippen molar-refractivity contribution < 1.29 is 14.6 Å². The fourth-order valence-electron chi connectivity index (χ4n) is 2.48. The van der Waals surface area contributed by atoms with Crippen LogP contribution in [0.25, 0.3) is 11.0 Å². The average molecular weight is 371 g/mol. The lowest BCUT2D eigenvalue weighted by molar-refractivity contribution is -0.133. The molecule has 1 fully saturated rings. The van der Waals surface area contributed by atoms with Crippen molar-refractivity contribution in [2.24, 2.45) is 5.92 Å². The number of carboxylic acids is 1. The Morgan fingerprint density at radius 2 is 2.43 bits per heavy atom. The zero-order valence-electron chi connectivity index (χ0n) is 11.3. The zero-order chi connectivity index (χ0) is 14.8. The molecule has 1 aliphatic heterocycles. The molecular formula is C14H15BrN2O3S. The Bertz CT molecular complexity index is 668. The van der Waals surface area contributed by atoms with Crippen molar-refractivity contribution in [3.8, 4) is 0 Å². The molecule has 2 aromatic rings. The number of benzene rings is 1. The van der Waals surface area contributed by atoms with E-state index in [4.69, 9.17) is 9.84 Å². The number of thioether (sulfide) groups is 1.